The third-order valence-corrected chi connectivity index (χ3v) is 1.57. The summed E-state index contributed by atoms with van der Waals surface area (Å²) in [5, 5.41) is 8.94. The topological polar surface area (TPSA) is 20.2 Å². The molecule has 0 aromatic carbocycles. The van der Waals surface area contributed by atoms with Crippen LogP contribution in [0.4, 0.5) is 0 Å². The molecule has 0 saturated carbocycles. The number of aliphatic hydroxyl groups excluding tert-OH is 1. The normalized spacial score (nSPS) is 22.1. The molecular weight excluding hydrogens is 189 g/mol. The number of aliphatic hydroxyl groups is 1. The summed E-state index contributed by atoms with van der Waals surface area (Å²) >= 11 is 0. The van der Waals surface area contributed by atoms with E-state index in [0.29, 0.717) is 11.7 Å². The Balaban J connectivity index is 0. The second kappa shape index (κ2) is 8.26. The SMILES string of the molecule is C[C@@H]1C=C(O)CCC1.[CH2-]C.[Zn]. The number of hydrogen-bond donors (Lipinski definition) is 1. The molecular formula is C9H17OZn-. The molecule has 0 aliphatic heterocycles. The third-order valence-electron chi connectivity index (χ3n) is 1.57. The van der Waals surface area contributed by atoms with E-state index in [-0.39, 0.29) is 19.5 Å². The van der Waals surface area contributed by atoms with Gasteiger partial charge in [-0.15, -0.1) is 0 Å². The minimum atomic E-state index is 0. The third kappa shape index (κ3) is 6.56. The molecule has 1 aliphatic carbocycles. The minimum absolute atomic E-state index is 0. The zero-order valence-electron chi connectivity index (χ0n) is 7.64. The maximum atomic E-state index is 8.94. The van der Waals surface area contributed by atoms with Gasteiger partial charge in [0.2, 0.25) is 0 Å². The van der Waals surface area contributed by atoms with Gasteiger partial charge in [0.05, 0.1) is 5.76 Å². The number of hydrogen-bond acceptors (Lipinski definition) is 1. The van der Waals surface area contributed by atoms with Crippen LogP contribution >= 0.6 is 0 Å². The number of rotatable bonds is 0. The van der Waals surface area contributed by atoms with Crippen molar-refractivity contribution in [3.8, 4) is 0 Å². The van der Waals surface area contributed by atoms with Crippen molar-refractivity contribution < 1.29 is 24.6 Å². The van der Waals surface area contributed by atoms with Gasteiger partial charge in [-0.05, 0) is 24.8 Å². The molecule has 0 amide bonds. The Bertz CT molecular complexity index is 110. The summed E-state index contributed by atoms with van der Waals surface area (Å²) in [5.41, 5.74) is 0. The van der Waals surface area contributed by atoms with Crippen LogP contribution in [0.3, 0.4) is 0 Å². The largest absolute Gasteiger partial charge is 0.513 e. The van der Waals surface area contributed by atoms with Crippen LogP contribution in [0.25, 0.3) is 0 Å². The van der Waals surface area contributed by atoms with Crippen LogP contribution in [0.15, 0.2) is 11.8 Å². The molecule has 0 radical (unpaired) electrons. The van der Waals surface area contributed by atoms with Crippen LogP contribution in [-0.2, 0) is 19.5 Å². The summed E-state index contributed by atoms with van der Waals surface area (Å²) in [4.78, 5) is 0. The summed E-state index contributed by atoms with van der Waals surface area (Å²) in [6, 6.07) is 0. The maximum absolute atomic E-state index is 8.94. The Morgan fingerprint density at radius 1 is 1.55 bits per heavy atom. The first-order valence-corrected chi connectivity index (χ1v) is 3.89. The molecule has 11 heavy (non-hydrogen) atoms. The van der Waals surface area contributed by atoms with Crippen molar-refractivity contribution in [2.24, 2.45) is 5.92 Å². The summed E-state index contributed by atoms with van der Waals surface area (Å²) in [6.45, 7) is 7.13. The van der Waals surface area contributed by atoms with Gasteiger partial charge in [-0.3, -0.25) is 0 Å². The molecule has 62 valence electrons. The van der Waals surface area contributed by atoms with Gasteiger partial charge in [-0.25, -0.2) is 0 Å². The van der Waals surface area contributed by atoms with E-state index in [9.17, 15) is 0 Å². The predicted molar refractivity (Wildman–Crippen MR) is 44.8 cm³/mol. The summed E-state index contributed by atoms with van der Waals surface area (Å²) in [7, 11) is 0. The van der Waals surface area contributed by atoms with Gasteiger partial charge in [0.1, 0.15) is 0 Å². The average Bonchev–Trinajstić information content (AvgIpc) is 1.91. The Hall–Kier alpha value is 0.163. The van der Waals surface area contributed by atoms with E-state index in [0.717, 1.165) is 12.8 Å². The molecule has 0 aromatic rings. The van der Waals surface area contributed by atoms with Crippen LogP contribution in [-0.4, -0.2) is 5.11 Å². The van der Waals surface area contributed by atoms with Gasteiger partial charge >= 0.3 is 0 Å². The molecule has 1 atom stereocenters. The van der Waals surface area contributed by atoms with Crippen molar-refractivity contribution >= 4 is 0 Å². The van der Waals surface area contributed by atoms with E-state index in [1.165, 1.54) is 6.42 Å². The molecule has 1 N–H and O–H groups in total. The molecule has 1 aliphatic rings. The Morgan fingerprint density at radius 3 is 2.36 bits per heavy atom. The zero-order chi connectivity index (χ0) is 7.98. The molecule has 0 heterocycles. The summed E-state index contributed by atoms with van der Waals surface area (Å²) in [6.07, 6.45) is 5.24. The van der Waals surface area contributed by atoms with Crippen molar-refractivity contribution in [2.45, 2.75) is 33.1 Å². The molecule has 0 fully saturated rings. The molecule has 0 saturated heterocycles. The van der Waals surface area contributed by atoms with Gasteiger partial charge in [-0.2, -0.15) is 6.92 Å². The van der Waals surface area contributed by atoms with Crippen LogP contribution in [0.2, 0.25) is 0 Å². The molecule has 0 unspecified atom stereocenters. The average molecular weight is 207 g/mol. The standard InChI is InChI=1S/C7H12O.C2H5.Zn/c1-6-3-2-4-7(8)5-6;1-2;/h5-6,8H,2-4H2,1H3;1H2,2H3;/q;-1;/t6-;;/m0../s1. The minimum Gasteiger partial charge on any atom is -0.513 e. The maximum Gasteiger partial charge on any atom is 0.0885 e. The van der Waals surface area contributed by atoms with E-state index < -0.39 is 0 Å². The fraction of sp³-hybridized carbons (Fsp3) is 0.667. The molecule has 0 aromatic heterocycles. The second-order valence-electron chi connectivity index (χ2n) is 2.53. The van der Waals surface area contributed by atoms with Crippen LogP contribution in [0.1, 0.15) is 33.1 Å². The first kappa shape index (κ1) is 13.7. The van der Waals surface area contributed by atoms with Crippen LogP contribution < -0.4 is 0 Å². The second-order valence-corrected chi connectivity index (χ2v) is 2.53. The molecule has 0 bridgehead atoms. The van der Waals surface area contributed by atoms with Crippen molar-refractivity contribution in [2.75, 3.05) is 0 Å². The van der Waals surface area contributed by atoms with Gasteiger partial charge in [0, 0.05) is 25.9 Å². The Labute approximate surface area is 82.6 Å². The smallest absolute Gasteiger partial charge is 0.0885 e. The van der Waals surface area contributed by atoms with E-state index in [4.69, 9.17) is 5.11 Å². The van der Waals surface area contributed by atoms with Crippen LogP contribution in [0, 0.1) is 12.8 Å². The first-order valence-electron chi connectivity index (χ1n) is 3.89. The van der Waals surface area contributed by atoms with Gasteiger partial charge in [0.25, 0.3) is 0 Å². The monoisotopic (exact) mass is 205 g/mol. The zero-order valence-corrected chi connectivity index (χ0v) is 10.6. The van der Waals surface area contributed by atoms with Gasteiger partial charge in [0.15, 0.2) is 0 Å². The quantitative estimate of drug-likeness (QED) is 0.477. The summed E-state index contributed by atoms with van der Waals surface area (Å²) < 4.78 is 0. The van der Waals surface area contributed by atoms with Crippen molar-refractivity contribution in [1.82, 2.24) is 0 Å². The van der Waals surface area contributed by atoms with Crippen molar-refractivity contribution in [3.63, 3.8) is 0 Å². The fourth-order valence-corrected chi connectivity index (χ4v) is 1.10. The Kier molecular flexibility index (Phi) is 10.3. The molecule has 1 rings (SSSR count). The molecule has 2 heteroatoms. The van der Waals surface area contributed by atoms with Crippen molar-refractivity contribution in [1.29, 1.82) is 0 Å². The molecule has 0 spiro atoms. The number of allylic oxidation sites excluding steroid dienone is 2. The van der Waals surface area contributed by atoms with E-state index in [1.807, 2.05) is 6.08 Å². The van der Waals surface area contributed by atoms with E-state index >= 15 is 0 Å². The van der Waals surface area contributed by atoms with Gasteiger partial charge < -0.3 is 12.0 Å². The fourth-order valence-electron chi connectivity index (χ4n) is 1.10. The van der Waals surface area contributed by atoms with E-state index in [2.05, 4.69) is 13.8 Å². The van der Waals surface area contributed by atoms with E-state index in [1.54, 1.807) is 6.92 Å². The van der Waals surface area contributed by atoms with Crippen LogP contribution in [0.5, 0.6) is 0 Å². The Morgan fingerprint density at radius 2 is 2.09 bits per heavy atom. The molecule has 1 nitrogen and oxygen atoms in total. The summed E-state index contributed by atoms with van der Waals surface area (Å²) in [5.74, 6) is 1.19. The predicted octanol–water partition coefficient (Wildman–Crippen LogP) is 3.09. The van der Waals surface area contributed by atoms with Gasteiger partial charge in [-0.1, -0.05) is 6.92 Å². The van der Waals surface area contributed by atoms with Crippen molar-refractivity contribution in [3.05, 3.63) is 18.8 Å². The first-order chi connectivity index (χ1) is 4.79.